The Hall–Kier alpha value is -0.890. The summed E-state index contributed by atoms with van der Waals surface area (Å²) in [5.41, 5.74) is -0.643. The van der Waals surface area contributed by atoms with Crippen LogP contribution in [0.15, 0.2) is 18.8 Å². The quantitative estimate of drug-likeness (QED) is 0.731. The van der Waals surface area contributed by atoms with E-state index < -0.39 is 17.2 Å². The molecule has 0 aliphatic carbocycles. The third-order valence-corrected chi connectivity index (χ3v) is 3.66. The van der Waals surface area contributed by atoms with Gasteiger partial charge in [0.25, 0.3) is 0 Å². The first-order chi connectivity index (χ1) is 7.49. The minimum atomic E-state index is -0.925. The average molecular weight is 264 g/mol. The number of aromatic nitrogens is 2. The number of rotatable bonds is 4. The highest BCUT2D eigenvalue weighted by Gasteiger charge is 2.14. The summed E-state index contributed by atoms with van der Waals surface area (Å²) >= 11 is 2.48. The predicted molar refractivity (Wildman–Crippen MR) is 65.3 cm³/mol. The van der Waals surface area contributed by atoms with E-state index in [9.17, 15) is 14.4 Å². The number of hydrogen-bond donors (Lipinski definition) is 0. The van der Waals surface area contributed by atoms with Crippen molar-refractivity contribution in [3.8, 4) is 0 Å². The molecule has 1 rings (SSSR count). The standard InChI is InChI=1S/C8H12N2O4S2/c1-5(2)9-6(11)10(16-4-15-3)8(13)14-7(9)12/h5H,4H2,1-3H3. The summed E-state index contributed by atoms with van der Waals surface area (Å²) in [5.74, 6) is -1.84. The molecular formula is C8H12N2O4S2. The van der Waals surface area contributed by atoms with E-state index in [2.05, 4.69) is 4.42 Å². The summed E-state index contributed by atoms with van der Waals surface area (Å²) in [4.78, 5) is 34.4. The highest BCUT2D eigenvalue weighted by molar-refractivity contribution is 8.14. The molecule has 0 aliphatic rings. The largest absolute Gasteiger partial charge is 0.437 e. The Morgan fingerprint density at radius 1 is 1.25 bits per heavy atom. The van der Waals surface area contributed by atoms with Gasteiger partial charge >= 0.3 is 17.2 Å². The lowest BCUT2D eigenvalue weighted by Crippen LogP contribution is -2.45. The topological polar surface area (TPSA) is 74.2 Å². The lowest BCUT2D eigenvalue weighted by molar-refractivity contribution is 0.341. The van der Waals surface area contributed by atoms with Crippen molar-refractivity contribution < 1.29 is 4.42 Å². The van der Waals surface area contributed by atoms with E-state index in [-0.39, 0.29) is 6.04 Å². The first kappa shape index (κ1) is 13.2. The van der Waals surface area contributed by atoms with Crippen LogP contribution in [0.1, 0.15) is 19.9 Å². The third-order valence-electron chi connectivity index (χ3n) is 1.73. The van der Waals surface area contributed by atoms with Gasteiger partial charge in [-0.2, -0.15) is 15.7 Å². The number of thioether (sulfide) groups is 1. The van der Waals surface area contributed by atoms with Gasteiger partial charge in [0.15, 0.2) is 0 Å². The van der Waals surface area contributed by atoms with Crippen LogP contribution >= 0.6 is 23.7 Å². The van der Waals surface area contributed by atoms with Crippen LogP contribution in [0.4, 0.5) is 0 Å². The van der Waals surface area contributed by atoms with Crippen LogP contribution in [0.3, 0.4) is 0 Å². The second-order valence-electron chi connectivity index (χ2n) is 3.21. The van der Waals surface area contributed by atoms with Gasteiger partial charge in [0.1, 0.15) is 0 Å². The van der Waals surface area contributed by atoms with Gasteiger partial charge in [-0.25, -0.2) is 19.0 Å². The van der Waals surface area contributed by atoms with E-state index in [0.717, 1.165) is 20.5 Å². The average Bonchev–Trinajstić information content (AvgIpc) is 2.16. The first-order valence-corrected chi connectivity index (χ1v) is 6.83. The normalized spacial score (nSPS) is 11.0. The van der Waals surface area contributed by atoms with Crippen LogP contribution in [0.5, 0.6) is 0 Å². The summed E-state index contributed by atoms with van der Waals surface area (Å²) in [6.07, 6.45) is 1.85. The van der Waals surface area contributed by atoms with Crippen LogP contribution in [0.25, 0.3) is 0 Å². The van der Waals surface area contributed by atoms with E-state index in [1.54, 1.807) is 13.8 Å². The molecule has 1 heterocycles. The Balaban J connectivity index is 3.40. The Morgan fingerprint density at radius 2 is 1.88 bits per heavy atom. The third kappa shape index (κ3) is 2.62. The van der Waals surface area contributed by atoms with E-state index >= 15 is 0 Å². The molecule has 0 saturated carbocycles. The summed E-state index contributed by atoms with van der Waals surface area (Å²) in [7, 11) is 0. The highest BCUT2D eigenvalue weighted by Crippen LogP contribution is 2.06. The van der Waals surface area contributed by atoms with Gasteiger partial charge in [0.2, 0.25) is 0 Å². The minimum absolute atomic E-state index is 0.342. The Morgan fingerprint density at radius 3 is 2.38 bits per heavy atom. The predicted octanol–water partition coefficient (Wildman–Crippen LogP) is 0.361. The Labute approximate surface area is 99.8 Å². The molecule has 1 aromatic heterocycles. The number of nitrogens with zero attached hydrogens (tertiary/aromatic N) is 2. The molecule has 0 aromatic carbocycles. The van der Waals surface area contributed by atoms with E-state index in [4.69, 9.17) is 0 Å². The zero-order valence-electron chi connectivity index (χ0n) is 9.13. The van der Waals surface area contributed by atoms with Crippen LogP contribution in [0, 0.1) is 0 Å². The maximum absolute atomic E-state index is 11.8. The van der Waals surface area contributed by atoms with Crippen molar-refractivity contribution in [1.29, 1.82) is 0 Å². The van der Waals surface area contributed by atoms with Crippen molar-refractivity contribution in [2.45, 2.75) is 19.9 Å². The summed E-state index contributed by atoms with van der Waals surface area (Å²) in [5, 5.41) is 0.529. The molecule has 0 spiro atoms. The molecule has 0 saturated heterocycles. The minimum Gasteiger partial charge on any atom is -0.358 e. The van der Waals surface area contributed by atoms with Gasteiger partial charge in [-0.05, 0) is 32.1 Å². The van der Waals surface area contributed by atoms with Gasteiger partial charge in [-0.3, -0.25) is 0 Å². The molecule has 0 N–H and O–H groups in total. The van der Waals surface area contributed by atoms with Crippen molar-refractivity contribution in [2.24, 2.45) is 0 Å². The zero-order chi connectivity index (χ0) is 12.3. The van der Waals surface area contributed by atoms with Crippen molar-refractivity contribution >= 4 is 23.7 Å². The van der Waals surface area contributed by atoms with Gasteiger partial charge in [-0.1, -0.05) is 0 Å². The first-order valence-electron chi connectivity index (χ1n) is 4.50. The van der Waals surface area contributed by atoms with Gasteiger partial charge in [0, 0.05) is 6.04 Å². The molecule has 0 atom stereocenters. The van der Waals surface area contributed by atoms with Crippen molar-refractivity contribution in [2.75, 3.05) is 11.3 Å². The summed E-state index contributed by atoms with van der Waals surface area (Å²) < 4.78 is 6.23. The van der Waals surface area contributed by atoms with Gasteiger partial charge in [0.05, 0.1) is 5.08 Å². The molecule has 90 valence electrons. The number of hydrogen-bond acceptors (Lipinski definition) is 6. The SMILES string of the molecule is CSCSn1c(=O)oc(=O)n(C(C)C)c1=O. The summed E-state index contributed by atoms with van der Waals surface area (Å²) in [6.45, 7) is 3.35. The molecule has 0 unspecified atom stereocenters. The lowest BCUT2D eigenvalue weighted by Gasteiger charge is -2.08. The second-order valence-corrected chi connectivity index (χ2v) is 5.35. The molecule has 0 fully saturated rings. The molecule has 1 aromatic rings. The lowest BCUT2D eigenvalue weighted by atomic mass is 10.4. The Kier molecular flexibility index (Phi) is 4.48. The molecule has 0 bridgehead atoms. The van der Waals surface area contributed by atoms with Gasteiger partial charge < -0.3 is 4.42 Å². The maximum Gasteiger partial charge on any atom is 0.437 e. The zero-order valence-corrected chi connectivity index (χ0v) is 10.8. The van der Waals surface area contributed by atoms with Crippen molar-refractivity contribution in [1.82, 2.24) is 8.54 Å². The van der Waals surface area contributed by atoms with E-state index in [1.807, 2.05) is 6.26 Å². The van der Waals surface area contributed by atoms with Crippen LogP contribution in [-0.4, -0.2) is 19.9 Å². The molecule has 0 amide bonds. The molecule has 6 nitrogen and oxygen atoms in total. The molecular weight excluding hydrogens is 252 g/mol. The highest BCUT2D eigenvalue weighted by atomic mass is 32.2. The fourth-order valence-electron chi connectivity index (χ4n) is 1.06. The van der Waals surface area contributed by atoms with Gasteiger partial charge in [-0.15, -0.1) is 0 Å². The van der Waals surface area contributed by atoms with Crippen LogP contribution in [-0.2, 0) is 0 Å². The molecule has 8 heteroatoms. The van der Waals surface area contributed by atoms with Crippen LogP contribution in [0.2, 0.25) is 0 Å². The smallest absolute Gasteiger partial charge is 0.358 e. The molecule has 0 radical (unpaired) electrons. The fourth-order valence-corrected chi connectivity index (χ4v) is 2.25. The molecule has 16 heavy (non-hydrogen) atoms. The summed E-state index contributed by atoms with van der Waals surface area (Å²) in [6, 6.07) is -0.342. The van der Waals surface area contributed by atoms with Crippen molar-refractivity contribution in [3.05, 3.63) is 31.6 Å². The monoisotopic (exact) mass is 264 g/mol. The second kappa shape index (κ2) is 5.44. The van der Waals surface area contributed by atoms with Crippen LogP contribution < -0.4 is 17.2 Å². The fraction of sp³-hybridized carbons (Fsp3) is 0.625. The Bertz CT molecular complexity index is 528. The molecule has 0 aliphatic heterocycles. The van der Waals surface area contributed by atoms with E-state index in [1.165, 1.54) is 11.8 Å². The maximum atomic E-state index is 11.8. The van der Waals surface area contributed by atoms with Crippen molar-refractivity contribution in [3.63, 3.8) is 0 Å². The van der Waals surface area contributed by atoms with E-state index in [0.29, 0.717) is 5.08 Å².